The van der Waals surface area contributed by atoms with Gasteiger partial charge in [0.25, 0.3) is 0 Å². The zero-order valence-corrected chi connectivity index (χ0v) is 7.65. The molecule has 0 fully saturated rings. The first kappa shape index (κ1) is 11.4. The predicted molar refractivity (Wildman–Crippen MR) is 43.9 cm³/mol. The van der Waals surface area contributed by atoms with Gasteiger partial charge in [0.05, 0.1) is 18.1 Å². The summed E-state index contributed by atoms with van der Waals surface area (Å²) in [4.78, 5) is 10.5. The van der Waals surface area contributed by atoms with E-state index >= 15 is 0 Å². The topological polar surface area (TPSA) is 66.8 Å². The van der Waals surface area contributed by atoms with Crippen LogP contribution in [0.5, 0.6) is 0 Å². The van der Waals surface area contributed by atoms with Crippen molar-refractivity contribution >= 4 is 5.97 Å². The van der Waals surface area contributed by atoms with Gasteiger partial charge in [-0.15, -0.1) is 0 Å². The summed E-state index contributed by atoms with van der Waals surface area (Å²) in [6.07, 6.45) is -0.594. The summed E-state index contributed by atoms with van der Waals surface area (Å²) in [7, 11) is 1.45. The Hall–Kier alpha value is -0.610. The summed E-state index contributed by atoms with van der Waals surface area (Å²) in [5.41, 5.74) is 0. The lowest BCUT2D eigenvalue weighted by Gasteiger charge is -2.20. The number of carboxylic acids is 1. The maximum Gasteiger partial charge on any atom is 0.308 e. The van der Waals surface area contributed by atoms with E-state index in [0.717, 1.165) is 0 Å². The van der Waals surface area contributed by atoms with Gasteiger partial charge >= 0.3 is 5.97 Å². The fourth-order valence-corrected chi connectivity index (χ4v) is 1.000. The number of aliphatic carboxylic acids is 1. The summed E-state index contributed by atoms with van der Waals surface area (Å²) in [5, 5.41) is 17.6. The molecule has 0 saturated heterocycles. The standard InChI is InChI=1S/C8H16O4/c1-5(9)4-7(12-3)6(2)8(10)11/h5-7,9H,4H2,1-3H3,(H,10,11). The summed E-state index contributed by atoms with van der Waals surface area (Å²) in [5.74, 6) is -1.48. The molecule has 0 aromatic heterocycles. The first-order chi connectivity index (χ1) is 5.49. The van der Waals surface area contributed by atoms with Gasteiger partial charge in [-0.2, -0.15) is 0 Å². The normalized spacial score (nSPS) is 18.3. The molecule has 0 rings (SSSR count). The van der Waals surface area contributed by atoms with E-state index in [9.17, 15) is 4.79 Å². The molecule has 0 spiro atoms. The van der Waals surface area contributed by atoms with Gasteiger partial charge in [-0.25, -0.2) is 0 Å². The van der Waals surface area contributed by atoms with E-state index in [-0.39, 0.29) is 0 Å². The third-order valence-corrected chi connectivity index (χ3v) is 1.82. The molecule has 2 N–H and O–H groups in total. The Balaban J connectivity index is 4.05. The molecule has 3 unspecified atom stereocenters. The van der Waals surface area contributed by atoms with Crippen molar-refractivity contribution in [1.29, 1.82) is 0 Å². The molecule has 0 aromatic rings. The minimum Gasteiger partial charge on any atom is -0.481 e. The fraction of sp³-hybridized carbons (Fsp3) is 0.875. The third-order valence-electron chi connectivity index (χ3n) is 1.82. The van der Waals surface area contributed by atoms with Crippen LogP contribution in [-0.4, -0.2) is 35.5 Å². The van der Waals surface area contributed by atoms with E-state index in [1.807, 2.05) is 0 Å². The number of hydrogen-bond donors (Lipinski definition) is 2. The molecule has 0 aromatic carbocycles. The van der Waals surface area contributed by atoms with Crippen molar-refractivity contribution in [2.24, 2.45) is 5.92 Å². The number of aliphatic hydroxyl groups is 1. The second-order valence-corrected chi connectivity index (χ2v) is 2.99. The Kier molecular flexibility index (Phi) is 4.85. The molecule has 12 heavy (non-hydrogen) atoms. The highest BCUT2D eigenvalue weighted by Crippen LogP contribution is 2.12. The number of ether oxygens (including phenoxy) is 1. The van der Waals surface area contributed by atoms with Crippen LogP contribution in [0.1, 0.15) is 20.3 Å². The number of carboxylic acid groups (broad SMARTS) is 1. The Labute approximate surface area is 72.2 Å². The van der Waals surface area contributed by atoms with E-state index in [0.29, 0.717) is 6.42 Å². The lowest BCUT2D eigenvalue weighted by Crippen LogP contribution is -2.30. The van der Waals surface area contributed by atoms with Crippen molar-refractivity contribution in [2.45, 2.75) is 32.5 Å². The minimum atomic E-state index is -0.900. The SMILES string of the molecule is COC(CC(C)O)C(C)C(=O)O. The van der Waals surface area contributed by atoms with Crippen molar-refractivity contribution in [1.82, 2.24) is 0 Å². The lowest BCUT2D eigenvalue weighted by molar-refractivity contribution is -0.146. The first-order valence-corrected chi connectivity index (χ1v) is 3.92. The van der Waals surface area contributed by atoms with Crippen LogP contribution >= 0.6 is 0 Å². The number of rotatable bonds is 5. The lowest BCUT2D eigenvalue weighted by atomic mass is 10.00. The number of methoxy groups -OCH3 is 1. The van der Waals surface area contributed by atoms with Crippen LogP contribution in [0.25, 0.3) is 0 Å². The minimum absolute atomic E-state index is 0.351. The fourth-order valence-electron chi connectivity index (χ4n) is 1.000. The van der Waals surface area contributed by atoms with E-state index < -0.39 is 24.1 Å². The smallest absolute Gasteiger partial charge is 0.308 e. The van der Waals surface area contributed by atoms with Crippen LogP contribution in [-0.2, 0) is 9.53 Å². The Bertz CT molecular complexity index is 144. The highest BCUT2D eigenvalue weighted by atomic mass is 16.5. The van der Waals surface area contributed by atoms with Gasteiger partial charge in [0.1, 0.15) is 0 Å². The predicted octanol–water partition coefficient (Wildman–Crippen LogP) is 0.493. The summed E-state index contributed by atoms with van der Waals surface area (Å²) in [6, 6.07) is 0. The van der Waals surface area contributed by atoms with Crippen LogP contribution in [0.3, 0.4) is 0 Å². The zero-order chi connectivity index (χ0) is 9.72. The first-order valence-electron chi connectivity index (χ1n) is 3.92. The molecule has 0 saturated carbocycles. The van der Waals surface area contributed by atoms with E-state index in [1.54, 1.807) is 13.8 Å². The molecule has 0 amide bonds. The van der Waals surface area contributed by atoms with Crippen LogP contribution in [0.2, 0.25) is 0 Å². The molecule has 0 bridgehead atoms. The van der Waals surface area contributed by atoms with E-state index in [4.69, 9.17) is 14.9 Å². The number of carbonyl (C=O) groups is 1. The van der Waals surface area contributed by atoms with Crippen LogP contribution in [0.4, 0.5) is 0 Å². The van der Waals surface area contributed by atoms with E-state index in [2.05, 4.69) is 0 Å². The van der Waals surface area contributed by atoms with Crippen molar-refractivity contribution in [3.63, 3.8) is 0 Å². The van der Waals surface area contributed by atoms with Crippen molar-refractivity contribution in [3.05, 3.63) is 0 Å². The third kappa shape index (κ3) is 3.69. The quantitative estimate of drug-likeness (QED) is 0.640. The van der Waals surface area contributed by atoms with Gasteiger partial charge in [-0.1, -0.05) is 0 Å². The van der Waals surface area contributed by atoms with Crippen LogP contribution in [0.15, 0.2) is 0 Å². The summed E-state index contributed by atoms with van der Waals surface area (Å²) >= 11 is 0. The van der Waals surface area contributed by atoms with Crippen molar-refractivity contribution < 1.29 is 19.7 Å². The Morgan fingerprint density at radius 3 is 2.25 bits per heavy atom. The maximum absolute atomic E-state index is 10.5. The average Bonchev–Trinajstić information content (AvgIpc) is 1.98. The molecule has 4 heteroatoms. The molecular formula is C8H16O4. The summed E-state index contributed by atoms with van der Waals surface area (Å²) < 4.78 is 4.94. The molecule has 0 aliphatic heterocycles. The molecule has 0 aliphatic rings. The van der Waals surface area contributed by atoms with Gasteiger partial charge in [-0.05, 0) is 13.8 Å². The van der Waals surface area contributed by atoms with Gasteiger partial charge in [0.2, 0.25) is 0 Å². The molecule has 72 valence electrons. The van der Waals surface area contributed by atoms with Gasteiger partial charge in [0.15, 0.2) is 0 Å². The van der Waals surface area contributed by atoms with E-state index in [1.165, 1.54) is 7.11 Å². The average molecular weight is 176 g/mol. The number of hydrogen-bond acceptors (Lipinski definition) is 3. The number of aliphatic hydroxyl groups excluding tert-OH is 1. The van der Waals surface area contributed by atoms with Crippen LogP contribution in [0, 0.1) is 5.92 Å². The zero-order valence-electron chi connectivity index (χ0n) is 7.65. The molecule has 0 aliphatic carbocycles. The molecule has 4 nitrogen and oxygen atoms in total. The second kappa shape index (κ2) is 5.11. The van der Waals surface area contributed by atoms with Crippen molar-refractivity contribution in [2.75, 3.05) is 7.11 Å². The van der Waals surface area contributed by atoms with Crippen LogP contribution < -0.4 is 0 Å². The maximum atomic E-state index is 10.5. The molecule has 3 atom stereocenters. The Morgan fingerprint density at radius 1 is 1.50 bits per heavy atom. The largest absolute Gasteiger partial charge is 0.481 e. The Morgan fingerprint density at radius 2 is 2.00 bits per heavy atom. The highest BCUT2D eigenvalue weighted by molar-refractivity contribution is 5.70. The molecular weight excluding hydrogens is 160 g/mol. The monoisotopic (exact) mass is 176 g/mol. The molecule has 0 heterocycles. The van der Waals surface area contributed by atoms with Gasteiger partial charge < -0.3 is 14.9 Å². The van der Waals surface area contributed by atoms with Gasteiger partial charge in [0, 0.05) is 13.5 Å². The molecule has 0 radical (unpaired) electrons. The highest BCUT2D eigenvalue weighted by Gasteiger charge is 2.24. The van der Waals surface area contributed by atoms with Gasteiger partial charge in [-0.3, -0.25) is 4.79 Å². The van der Waals surface area contributed by atoms with Crippen molar-refractivity contribution in [3.8, 4) is 0 Å². The summed E-state index contributed by atoms with van der Waals surface area (Å²) in [6.45, 7) is 3.18. The second-order valence-electron chi connectivity index (χ2n) is 2.99.